The summed E-state index contributed by atoms with van der Waals surface area (Å²) in [6.45, 7) is 5.86. The predicted molar refractivity (Wildman–Crippen MR) is 77.3 cm³/mol. The van der Waals surface area contributed by atoms with Crippen molar-refractivity contribution in [2.24, 2.45) is 0 Å². The van der Waals surface area contributed by atoms with Gasteiger partial charge in [-0.05, 0) is 49.9 Å². The van der Waals surface area contributed by atoms with Gasteiger partial charge in [0.25, 0.3) is 9.05 Å². The van der Waals surface area contributed by atoms with Gasteiger partial charge in [0, 0.05) is 17.1 Å². The van der Waals surface area contributed by atoms with Crippen LogP contribution in [0.3, 0.4) is 0 Å². The summed E-state index contributed by atoms with van der Waals surface area (Å²) in [5, 5.41) is 0. The number of rotatable bonds is 5. The van der Waals surface area contributed by atoms with E-state index in [-0.39, 0.29) is 4.90 Å². The SMILES string of the molecule is C#CCCCOc1c(C)cc(S(=O)(=O)Cl)c(C)c1C. The molecule has 0 fully saturated rings. The molecule has 0 saturated heterocycles. The molecule has 0 saturated carbocycles. The molecule has 0 aliphatic carbocycles. The zero-order valence-electron chi connectivity index (χ0n) is 11.3. The number of hydrogen-bond acceptors (Lipinski definition) is 3. The Kier molecular flexibility index (Phi) is 5.28. The van der Waals surface area contributed by atoms with Crippen LogP contribution in [-0.4, -0.2) is 15.0 Å². The minimum Gasteiger partial charge on any atom is -0.493 e. The van der Waals surface area contributed by atoms with E-state index >= 15 is 0 Å². The number of aryl methyl sites for hydroxylation is 1. The van der Waals surface area contributed by atoms with Crippen LogP contribution in [0.2, 0.25) is 0 Å². The van der Waals surface area contributed by atoms with Gasteiger partial charge >= 0.3 is 0 Å². The zero-order valence-corrected chi connectivity index (χ0v) is 12.9. The number of benzene rings is 1. The molecule has 0 spiro atoms. The Bertz CT molecular complexity index is 613. The van der Waals surface area contributed by atoms with Gasteiger partial charge in [-0.2, -0.15) is 0 Å². The van der Waals surface area contributed by atoms with E-state index in [0.29, 0.717) is 24.3 Å². The molecular formula is C14H17ClO3S. The van der Waals surface area contributed by atoms with E-state index in [1.165, 1.54) is 0 Å². The van der Waals surface area contributed by atoms with E-state index in [2.05, 4.69) is 5.92 Å². The Morgan fingerprint density at radius 2 is 1.95 bits per heavy atom. The van der Waals surface area contributed by atoms with Crippen LogP contribution in [0.1, 0.15) is 29.5 Å². The van der Waals surface area contributed by atoms with Crippen LogP contribution in [0.25, 0.3) is 0 Å². The van der Waals surface area contributed by atoms with Gasteiger partial charge in [-0.3, -0.25) is 0 Å². The molecule has 1 aromatic rings. The molecule has 0 N–H and O–H groups in total. The first-order valence-electron chi connectivity index (χ1n) is 5.90. The summed E-state index contributed by atoms with van der Waals surface area (Å²) in [6, 6.07) is 1.54. The molecule has 1 aromatic carbocycles. The van der Waals surface area contributed by atoms with E-state index < -0.39 is 9.05 Å². The second-order valence-corrected chi connectivity index (χ2v) is 6.90. The van der Waals surface area contributed by atoms with Gasteiger partial charge < -0.3 is 4.74 Å². The molecule has 0 amide bonds. The molecule has 0 aromatic heterocycles. The van der Waals surface area contributed by atoms with Crippen molar-refractivity contribution in [1.82, 2.24) is 0 Å². The first kappa shape index (κ1) is 15.9. The molecule has 0 unspecified atom stereocenters. The third kappa shape index (κ3) is 3.89. The highest BCUT2D eigenvalue weighted by molar-refractivity contribution is 8.13. The van der Waals surface area contributed by atoms with Crippen molar-refractivity contribution in [2.45, 2.75) is 38.5 Å². The standard InChI is InChI=1S/C14H17ClO3S/c1-5-6-7-8-18-14-10(2)9-13(19(15,16)17)11(3)12(14)4/h1,9H,6-8H2,2-4H3. The van der Waals surface area contributed by atoms with Crippen molar-refractivity contribution in [3.8, 4) is 18.1 Å². The van der Waals surface area contributed by atoms with Gasteiger partial charge in [0.1, 0.15) is 5.75 Å². The molecule has 0 radical (unpaired) electrons. The summed E-state index contributed by atoms with van der Waals surface area (Å²) in [5.41, 5.74) is 2.16. The monoisotopic (exact) mass is 300 g/mol. The summed E-state index contributed by atoms with van der Waals surface area (Å²) in [4.78, 5) is 0.139. The van der Waals surface area contributed by atoms with Crippen LogP contribution in [0, 0.1) is 33.1 Å². The van der Waals surface area contributed by atoms with Gasteiger partial charge in [0.15, 0.2) is 0 Å². The van der Waals surface area contributed by atoms with Gasteiger partial charge in [0.05, 0.1) is 11.5 Å². The third-order valence-corrected chi connectivity index (χ3v) is 4.40. The van der Waals surface area contributed by atoms with E-state index in [9.17, 15) is 8.42 Å². The van der Waals surface area contributed by atoms with Crippen LogP contribution in [0.4, 0.5) is 0 Å². The first-order valence-corrected chi connectivity index (χ1v) is 8.21. The van der Waals surface area contributed by atoms with Crippen LogP contribution < -0.4 is 4.74 Å². The second-order valence-electron chi connectivity index (χ2n) is 4.36. The molecular weight excluding hydrogens is 284 g/mol. The molecule has 104 valence electrons. The van der Waals surface area contributed by atoms with Gasteiger partial charge in [0.2, 0.25) is 0 Å². The Morgan fingerprint density at radius 1 is 1.32 bits per heavy atom. The number of halogens is 1. The summed E-state index contributed by atoms with van der Waals surface area (Å²) in [6.07, 6.45) is 6.60. The fourth-order valence-corrected chi connectivity index (χ4v) is 3.16. The molecule has 0 atom stereocenters. The fourth-order valence-electron chi connectivity index (χ4n) is 1.85. The highest BCUT2D eigenvalue weighted by Gasteiger charge is 2.19. The lowest BCUT2D eigenvalue weighted by Crippen LogP contribution is -2.05. The lowest BCUT2D eigenvalue weighted by molar-refractivity contribution is 0.308. The van der Waals surface area contributed by atoms with Gasteiger partial charge in [-0.25, -0.2) is 8.42 Å². The van der Waals surface area contributed by atoms with Crippen LogP contribution >= 0.6 is 10.7 Å². The molecule has 3 nitrogen and oxygen atoms in total. The quantitative estimate of drug-likeness (QED) is 0.476. The van der Waals surface area contributed by atoms with Gasteiger partial charge in [-0.1, -0.05) is 0 Å². The smallest absolute Gasteiger partial charge is 0.261 e. The molecule has 0 aliphatic rings. The van der Waals surface area contributed by atoms with Gasteiger partial charge in [-0.15, -0.1) is 12.3 Å². The topological polar surface area (TPSA) is 43.4 Å². The normalized spacial score (nSPS) is 11.1. The molecule has 5 heteroatoms. The van der Waals surface area contributed by atoms with Crippen molar-refractivity contribution in [1.29, 1.82) is 0 Å². The highest BCUT2D eigenvalue weighted by Crippen LogP contribution is 2.32. The van der Waals surface area contributed by atoms with Crippen molar-refractivity contribution in [3.63, 3.8) is 0 Å². The lowest BCUT2D eigenvalue weighted by atomic mass is 10.1. The van der Waals surface area contributed by atoms with E-state index in [1.807, 2.05) is 6.92 Å². The summed E-state index contributed by atoms with van der Waals surface area (Å²) in [7, 11) is 1.68. The Labute approximate surface area is 119 Å². The number of unbranched alkanes of at least 4 members (excludes halogenated alkanes) is 1. The van der Waals surface area contributed by atoms with Crippen molar-refractivity contribution in [2.75, 3.05) is 6.61 Å². The van der Waals surface area contributed by atoms with Crippen molar-refractivity contribution >= 4 is 19.7 Å². The molecule has 0 heterocycles. The minimum absolute atomic E-state index is 0.139. The predicted octanol–water partition coefficient (Wildman–Crippen LogP) is 3.33. The highest BCUT2D eigenvalue weighted by atomic mass is 35.7. The summed E-state index contributed by atoms with van der Waals surface area (Å²) >= 11 is 0. The van der Waals surface area contributed by atoms with E-state index in [4.69, 9.17) is 21.8 Å². The Hall–Kier alpha value is -1.18. The average molecular weight is 301 g/mol. The second kappa shape index (κ2) is 6.31. The van der Waals surface area contributed by atoms with Crippen LogP contribution in [0.5, 0.6) is 5.75 Å². The zero-order chi connectivity index (χ0) is 14.6. The summed E-state index contributed by atoms with van der Waals surface area (Å²) < 4.78 is 28.6. The molecule has 1 rings (SSSR count). The molecule has 0 bridgehead atoms. The van der Waals surface area contributed by atoms with Crippen LogP contribution in [0.15, 0.2) is 11.0 Å². The number of ether oxygens (including phenoxy) is 1. The first-order chi connectivity index (χ1) is 8.79. The largest absolute Gasteiger partial charge is 0.493 e. The van der Waals surface area contributed by atoms with Crippen LogP contribution in [-0.2, 0) is 9.05 Å². The minimum atomic E-state index is -3.73. The Morgan fingerprint density at radius 3 is 2.47 bits per heavy atom. The fraction of sp³-hybridized carbons (Fsp3) is 0.429. The molecule has 0 aliphatic heterocycles. The van der Waals surface area contributed by atoms with Crippen molar-refractivity contribution in [3.05, 3.63) is 22.8 Å². The maximum Gasteiger partial charge on any atom is 0.261 e. The Balaban J connectivity index is 3.10. The number of hydrogen-bond donors (Lipinski definition) is 0. The lowest BCUT2D eigenvalue weighted by Gasteiger charge is -2.16. The maximum atomic E-state index is 11.5. The van der Waals surface area contributed by atoms with E-state index in [1.54, 1.807) is 19.9 Å². The third-order valence-electron chi connectivity index (χ3n) is 2.95. The average Bonchev–Trinajstić information content (AvgIpc) is 2.31. The van der Waals surface area contributed by atoms with Crippen molar-refractivity contribution < 1.29 is 13.2 Å². The summed E-state index contributed by atoms with van der Waals surface area (Å²) in [5.74, 6) is 3.25. The maximum absolute atomic E-state index is 11.5. The van der Waals surface area contributed by atoms with E-state index in [0.717, 1.165) is 17.5 Å². The number of terminal acetylenes is 1. The molecule has 19 heavy (non-hydrogen) atoms.